The molecule has 0 spiro atoms. The molecule has 0 bridgehead atoms. The number of nitrogens with one attached hydrogen (secondary N) is 1. The normalized spacial score (nSPS) is 10.9. The molecule has 5 nitrogen and oxygen atoms in total. The van der Waals surface area contributed by atoms with Crippen LogP contribution in [0.25, 0.3) is 16.8 Å². The van der Waals surface area contributed by atoms with Gasteiger partial charge in [0.25, 0.3) is 0 Å². The number of amides is 2. The van der Waals surface area contributed by atoms with Crippen LogP contribution in [-0.4, -0.2) is 37.4 Å². The molecule has 0 radical (unpaired) electrons. The van der Waals surface area contributed by atoms with E-state index in [0.717, 1.165) is 27.6 Å². The Morgan fingerprint density at radius 3 is 2.41 bits per heavy atom. The highest BCUT2D eigenvalue weighted by Crippen LogP contribution is 2.22. The third kappa shape index (κ3) is 5.45. The van der Waals surface area contributed by atoms with Crippen molar-refractivity contribution in [2.24, 2.45) is 0 Å². The van der Waals surface area contributed by atoms with E-state index in [-0.39, 0.29) is 18.4 Å². The average Bonchev–Trinajstić information content (AvgIpc) is 2.73. The zero-order valence-corrected chi connectivity index (χ0v) is 16.8. The number of rotatable bonds is 6. The second kappa shape index (κ2) is 9.06. The van der Waals surface area contributed by atoms with Crippen molar-refractivity contribution < 1.29 is 14.3 Å². The first-order valence-electron chi connectivity index (χ1n) is 9.32. The van der Waals surface area contributed by atoms with Crippen molar-refractivity contribution in [3.63, 3.8) is 0 Å². The van der Waals surface area contributed by atoms with E-state index in [1.54, 1.807) is 20.2 Å². The first-order valence-corrected chi connectivity index (χ1v) is 9.32. The van der Waals surface area contributed by atoms with E-state index in [2.05, 4.69) is 5.32 Å². The molecule has 0 aliphatic rings. The van der Waals surface area contributed by atoms with Gasteiger partial charge in [0.05, 0.1) is 13.7 Å². The molecule has 3 rings (SSSR count). The van der Waals surface area contributed by atoms with Crippen LogP contribution in [0.2, 0.25) is 0 Å². The van der Waals surface area contributed by atoms with Crippen LogP contribution in [0.15, 0.2) is 66.7 Å². The second-order valence-corrected chi connectivity index (χ2v) is 6.91. The number of likely N-dealkylation sites (N-methyl/N-ethyl adjacent to an activating group) is 1. The van der Waals surface area contributed by atoms with E-state index in [9.17, 15) is 9.59 Å². The first kappa shape index (κ1) is 20.1. The highest BCUT2D eigenvalue weighted by Gasteiger charge is 2.10. The molecule has 0 saturated heterocycles. The summed E-state index contributed by atoms with van der Waals surface area (Å²) < 4.78 is 5.24. The molecule has 29 heavy (non-hydrogen) atoms. The van der Waals surface area contributed by atoms with Crippen LogP contribution in [0.1, 0.15) is 11.1 Å². The van der Waals surface area contributed by atoms with Gasteiger partial charge in [0, 0.05) is 18.8 Å². The molecule has 2 amide bonds. The maximum Gasteiger partial charge on any atom is 0.246 e. The highest BCUT2D eigenvalue weighted by molar-refractivity contribution is 5.98. The van der Waals surface area contributed by atoms with E-state index in [1.165, 1.54) is 11.0 Å². The van der Waals surface area contributed by atoms with Crippen LogP contribution in [0.5, 0.6) is 5.75 Å². The number of hydrogen-bond donors (Lipinski definition) is 1. The summed E-state index contributed by atoms with van der Waals surface area (Å²) in [6.45, 7) is 1.96. The van der Waals surface area contributed by atoms with Crippen molar-refractivity contribution in [2.45, 2.75) is 6.92 Å². The van der Waals surface area contributed by atoms with Gasteiger partial charge < -0.3 is 15.0 Å². The molecule has 0 unspecified atom stereocenters. The summed E-state index contributed by atoms with van der Waals surface area (Å²) in [6.07, 6.45) is 3.23. The zero-order chi connectivity index (χ0) is 20.8. The standard InChI is InChI=1S/C24H24N2O3/c1-17-4-10-21(11-5-17)25-23(27)16-26(2)24(28)13-7-18-6-8-20-15-22(29-3)12-9-19(20)14-18/h4-15H,16H2,1-3H3,(H,25,27)/b13-7+. The SMILES string of the molecule is COc1ccc2cc(/C=C/C(=O)N(C)CC(=O)Nc3ccc(C)cc3)ccc2c1. The van der Waals surface area contributed by atoms with Gasteiger partial charge in [-0.3, -0.25) is 9.59 Å². The number of carbonyl (C=O) groups excluding carboxylic acids is 2. The summed E-state index contributed by atoms with van der Waals surface area (Å²) >= 11 is 0. The summed E-state index contributed by atoms with van der Waals surface area (Å²) in [5.41, 5.74) is 2.74. The van der Waals surface area contributed by atoms with Gasteiger partial charge in [0.1, 0.15) is 5.75 Å². The minimum atomic E-state index is -0.238. The number of ether oxygens (including phenoxy) is 1. The first-order chi connectivity index (χ1) is 13.9. The lowest BCUT2D eigenvalue weighted by Crippen LogP contribution is -2.33. The van der Waals surface area contributed by atoms with Crippen LogP contribution in [-0.2, 0) is 9.59 Å². The van der Waals surface area contributed by atoms with Crippen LogP contribution in [0.4, 0.5) is 5.69 Å². The number of fused-ring (bicyclic) bond motifs is 1. The number of carbonyl (C=O) groups is 2. The highest BCUT2D eigenvalue weighted by atomic mass is 16.5. The van der Waals surface area contributed by atoms with Crippen LogP contribution in [0.3, 0.4) is 0 Å². The third-order valence-electron chi connectivity index (χ3n) is 4.58. The Morgan fingerprint density at radius 1 is 1.00 bits per heavy atom. The number of anilines is 1. The predicted octanol–water partition coefficient (Wildman–Crippen LogP) is 4.27. The van der Waals surface area contributed by atoms with Crippen LogP contribution < -0.4 is 10.1 Å². The Bertz CT molecular complexity index is 1060. The van der Waals surface area contributed by atoms with Gasteiger partial charge in [0.15, 0.2) is 0 Å². The van der Waals surface area contributed by atoms with Crippen molar-refractivity contribution in [3.8, 4) is 5.75 Å². The third-order valence-corrected chi connectivity index (χ3v) is 4.58. The van der Waals surface area contributed by atoms with Gasteiger partial charge in [-0.05, 0) is 59.7 Å². The molecule has 148 valence electrons. The van der Waals surface area contributed by atoms with E-state index in [1.807, 2.05) is 67.6 Å². The molecule has 0 atom stereocenters. The van der Waals surface area contributed by atoms with E-state index >= 15 is 0 Å². The van der Waals surface area contributed by atoms with E-state index in [0.29, 0.717) is 5.69 Å². The summed E-state index contributed by atoms with van der Waals surface area (Å²) in [5.74, 6) is 0.332. The molecule has 0 aliphatic carbocycles. The van der Waals surface area contributed by atoms with Gasteiger partial charge in [-0.1, -0.05) is 35.9 Å². The Morgan fingerprint density at radius 2 is 1.69 bits per heavy atom. The molecular formula is C24H24N2O3. The fourth-order valence-electron chi connectivity index (χ4n) is 2.90. The van der Waals surface area contributed by atoms with Crippen molar-refractivity contribution in [3.05, 3.63) is 77.9 Å². The fourth-order valence-corrected chi connectivity index (χ4v) is 2.90. The molecule has 0 aliphatic heterocycles. The Balaban J connectivity index is 1.59. The minimum Gasteiger partial charge on any atom is -0.497 e. The number of benzene rings is 3. The Labute approximate surface area is 170 Å². The molecule has 0 heterocycles. The van der Waals surface area contributed by atoms with Crippen molar-refractivity contribution in [1.82, 2.24) is 4.90 Å². The summed E-state index contributed by atoms with van der Waals surface area (Å²) in [5, 5.41) is 4.92. The van der Waals surface area contributed by atoms with Crippen molar-refractivity contribution >= 4 is 34.4 Å². The molecule has 0 saturated carbocycles. The van der Waals surface area contributed by atoms with Crippen molar-refractivity contribution in [1.29, 1.82) is 0 Å². The minimum absolute atomic E-state index is 0.0193. The average molecular weight is 388 g/mol. The molecule has 3 aromatic rings. The Kier molecular flexibility index (Phi) is 6.29. The quantitative estimate of drug-likeness (QED) is 0.642. The maximum absolute atomic E-state index is 12.3. The maximum atomic E-state index is 12.3. The lowest BCUT2D eigenvalue weighted by Gasteiger charge is -2.15. The van der Waals surface area contributed by atoms with E-state index < -0.39 is 0 Å². The molecule has 3 aromatic carbocycles. The zero-order valence-electron chi connectivity index (χ0n) is 16.8. The lowest BCUT2D eigenvalue weighted by molar-refractivity contribution is -0.129. The monoisotopic (exact) mass is 388 g/mol. The summed E-state index contributed by atoms with van der Waals surface area (Å²) in [4.78, 5) is 25.9. The smallest absolute Gasteiger partial charge is 0.246 e. The van der Waals surface area contributed by atoms with Gasteiger partial charge in [-0.25, -0.2) is 0 Å². The number of nitrogens with zero attached hydrogens (tertiary/aromatic N) is 1. The van der Waals surface area contributed by atoms with Gasteiger partial charge >= 0.3 is 0 Å². The number of aryl methyl sites for hydroxylation is 1. The lowest BCUT2D eigenvalue weighted by atomic mass is 10.1. The Hall–Kier alpha value is -3.60. The topological polar surface area (TPSA) is 58.6 Å². The number of methoxy groups -OCH3 is 1. The molecule has 0 fully saturated rings. The van der Waals surface area contributed by atoms with Crippen LogP contribution in [0, 0.1) is 6.92 Å². The van der Waals surface area contributed by atoms with Gasteiger partial charge in [-0.2, -0.15) is 0 Å². The second-order valence-electron chi connectivity index (χ2n) is 6.91. The number of hydrogen-bond acceptors (Lipinski definition) is 3. The van der Waals surface area contributed by atoms with Crippen LogP contribution >= 0.6 is 0 Å². The molecular weight excluding hydrogens is 364 g/mol. The molecule has 1 N–H and O–H groups in total. The van der Waals surface area contributed by atoms with E-state index in [4.69, 9.17) is 4.74 Å². The summed E-state index contributed by atoms with van der Waals surface area (Å²) in [6, 6.07) is 19.3. The van der Waals surface area contributed by atoms with Gasteiger partial charge in [-0.15, -0.1) is 0 Å². The van der Waals surface area contributed by atoms with Gasteiger partial charge in [0.2, 0.25) is 11.8 Å². The molecule has 5 heteroatoms. The summed E-state index contributed by atoms with van der Waals surface area (Å²) in [7, 11) is 3.25. The predicted molar refractivity (Wildman–Crippen MR) is 117 cm³/mol. The molecule has 0 aromatic heterocycles. The largest absolute Gasteiger partial charge is 0.497 e. The fraction of sp³-hybridized carbons (Fsp3) is 0.167. The van der Waals surface area contributed by atoms with Crippen molar-refractivity contribution in [2.75, 3.05) is 26.0 Å².